The molecule has 0 aromatic carbocycles. The molecule has 16 heavy (non-hydrogen) atoms. The Bertz CT molecular complexity index is 273. The third-order valence-corrected chi connectivity index (χ3v) is 2.60. The van der Waals surface area contributed by atoms with Gasteiger partial charge >= 0.3 is 11.9 Å². The molecule has 0 aliphatic heterocycles. The monoisotopic (exact) mass is 236 g/mol. The summed E-state index contributed by atoms with van der Waals surface area (Å²) >= 11 is 0. The molecule has 0 bridgehead atoms. The largest absolute Gasteiger partial charge is 0.465 e. The first-order valence-corrected chi connectivity index (χ1v) is 5.13. The number of alkyl halides is 2. The number of carbonyl (C=O) groups is 2. The van der Waals surface area contributed by atoms with E-state index < -0.39 is 29.7 Å². The van der Waals surface area contributed by atoms with Gasteiger partial charge in [-0.2, -0.15) is 0 Å². The van der Waals surface area contributed by atoms with Crippen LogP contribution in [0.1, 0.15) is 20.3 Å². The third kappa shape index (κ3) is 2.01. The van der Waals surface area contributed by atoms with Crippen LogP contribution < -0.4 is 0 Å². The second-order valence-electron chi connectivity index (χ2n) is 3.56. The Labute approximate surface area is 91.9 Å². The predicted octanol–water partition coefficient (Wildman–Crippen LogP) is 1.38. The number of carbonyl (C=O) groups excluding carboxylic acids is 2. The molecule has 0 amide bonds. The molecule has 92 valence electrons. The van der Waals surface area contributed by atoms with Crippen LogP contribution in [0.15, 0.2) is 0 Å². The Morgan fingerprint density at radius 2 is 1.69 bits per heavy atom. The number of hydrogen-bond donors (Lipinski definition) is 0. The van der Waals surface area contributed by atoms with Gasteiger partial charge in [0, 0.05) is 5.92 Å². The molecular formula is C10H14F2O4. The molecule has 6 heteroatoms. The van der Waals surface area contributed by atoms with Gasteiger partial charge in [0.25, 0.3) is 0 Å². The summed E-state index contributed by atoms with van der Waals surface area (Å²) in [6.07, 6.45) is -2.91. The highest BCUT2D eigenvalue weighted by molar-refractivity contribution is 6.04. The van der Waals surface area contributed by atoms with Crippen molar-refractivity contribution in [3.63, 3.8) is 0 Å². The molecular weight excluding hydrogens is 222 g/mol. The van der Waals surface area contributed by atoms with Crippen LogP contribution in [0, 0.1) is 11.3 Å². The van der Waals surface area contributed by atoms with E-state index in [0.29, 0.717) is 0 Å². The van der Waals surface area contributed by atoms with Crippen molar-refractivity contribution in [1.29, 1.82) is 0 Å². The summed E-state index contributed by atoms with van der Waals surface area (Å²) in [4.78, 5) is 23.0. The van der Waals surface area contributed by atoms with Crippen molar-refractivity contribution in [3.05, 3.63) is 0 Å². The molecule has 0 spiro atoms. The molecule has 1 atom stereocenters. The first kappa shape index (κ1) is 12.9. The highest BCUT2D eigenvalue weighted by Crippen LogP contribution is 2.57. The highest BCUT2D eigenvalue weighted by Gasteiger charge is 2.71. The van der Waals surface area contributed by atoms with E-state index in [9.17, 15) is 18.4 Å². The number of ether oxygens (including phenoxy) is 2. The molecule has 1 fully saturated rings. The summed E-state index contributed by atoms with van der Waals surface area (Å²) in [6, 6.07) is 0. The lowest BCUT2D eigenvalue weighted by Crippen LogP contribution is -2.33. The van der Waals surface area contributed by atoms with Gasteiger partial charge in [0.15, 0.2) is 5.41 Å². The topological polar surface area (TPSA) is 52.6 Å². The molecule has 0 N–H and O–H groups in total. The van der Waals surface area contributed by atoms with Gasteiger partial charge in [0.05, 0.1) is 13.2 Å². The van der Waals surface area contributed by atoms with Crippen molar-refractivity contribution < 1.29 is 27.8 Å². The van der Waals surface area contributed by atoms with Gasteiger partial charge in [-0.1, -0.05) is 0 Å². The lowest BCUT2D eigenvalue weighted by atomic mass is 10.0. The van der Waals surface area contributed by atoms with E-state index in [0.717, 1.165) is 0 Å². The van der Waals surface area contributed by atoms with Crippen LogP contribution in [0.25, 0.3) is 0 Å². The lowest BCUT2D eigenvalue weighted by Gasteiger charge is -2.14. The molecule has 1 aliphatic rings. The van der Waals surface area contributed by atoms with Crippen molar-refractivity contribution in [2.75, 3.05) is 13.2 Å². The standard InChI is InChI=1S/C10H14F2O4/c1-3-15-8(13)10(9(14)16-4-2)5-6(10)7(11)12/h6-7H,3-5H2,1-2H3/t6-/m0/s1. The minimum atomic E-state index is -2.71. The van der Waals surface area contributed by atoms with Gasteiger partial charge in [0.2, 0.25) is 6.43 Å². The zero-order valence-corrected chi connectivity index (χ0v) is 9.16. The lowest BCUT2D eigenvalue weighted by molar-refractivity contribution is -0.166. The van der Waals surface area contributed by atoms with Gasteiger partial charge in [-0.25, -0.2) is 8.78 Å². The number of esters is 2. The minimum Gasteiger partial charge on any atom is -0.465 e. The van der Waals surface area contributed by atoms with E-state index in [1.165, 1.54) is 0 Å². The third-order valence-electron chi connectivity index (χ3n) is 2.60. The molecule has 4 nitrogen and oxygen atoms in total. The Morgan fingerprint density at radius 3 is 1.94 bits per heavy atom. The van der Waals surface area contributed by atoms with Crippen LogP contribution in [-0.2, 0) is 19.1 Å². The first-order valence-electron chi connectivity index (χ1n) is 5.13. The quantitative estimate of drug-likeness (QED) is 0.534. The zero-order chi connectivity index (χ0) is 12.3. The van der Waals surface area contributed by atoms with Crippen LogP contribution in [0.3, 0.4) is 0 Å². The van der Waals surface area contributed by atoms with Crippen molar-refractivity contribution in [1.82, 2.24) is 0 Å². The molecule has 1 aliphatic carbocycles. The van der Waals surface area contributed by atoms with Crippen LogP contribution in [0.2, 0.25) is 0 Å². The van der Waals surface area contributed by atoms with Gasteiger partial charge in [-0.05, 0) is 20.3 Å². The van der Waals surface area contributed by atoms with Gasteiger partial charge in [-0.15, -0.1) is 0 Å². The van der Waals surface area contributed by atoms with E-state index in [4.69, 9.17) is 0 Å². The fraction of sp³-hybridized carbons (Fsp3) is 0.800. The average molecular weight is 236 g/mol. The van der Waals surface area contributed by atoms with Gasteiger partial charge < -0.3 is 9.47 Å². The summed E-state index contributed by atoms with van der Waals surface area (Å²) in [5.74, 6) is -3.08. The number of halogens is 2. The Hall–Kier alpha value is -1.20. The van der Waals surface area contributed by atoms with Crippen LogP contribution in [-0.4, -0.2) is 31.6 Å². The molecule has 0 saturated heterocycles. The van der Waals surface area contributed by atoms with E-state index in [1.54, 1.807) is 13.8 Å². The maximum absolute atomic E-state index is 12.5. The molecule has 0 heterocycles. The summed E-state index contributed by atoms with van der Waals surface area (Å²) in [6.45, 7) is 3.21. The van der Waals surface area contributed by atoms with E-state index in [1.807, 2.05) is 0 Å². The van der Waals surface area contributed by atoms with Crippen LogP contribution in [0.4, 0.5) is 8.78 Å². The van der Waals surface area contributed by atoms with Gasteiger partial charge in [0.1, 0.15) is 0 Å². The number of hydrogen-bond acceptors (Lipinski definition) is 4. The maximum Gasteiger partial charge on any atom is 0.324 e. The molecule has 1 rings (SSSR count). The fourth-order valence-electron chi connectivity index (χ4n) is 1.66. The second-order valence-corrected chi connectivity index (χ2v) is 3.56. The smallest absolute Gasteiger partial charge is 0.324 e. The zero-order valence-electron chi connectivity index (χ0n) is 9.16. The van der Waals surface area contributed by atoms with Gasteiger partial charge in [-0.3, -0.25) is 9.59 Å². The Morgan fingerprint density at radius 1 is 1.25 bits per heavy atom. The summed E-state index contributed by atoms with van der Waals surface area (Å²) in [7, 11) is 0. The average Bonchev–Trinajstić information content (AvgIpc) is 2.94. The Kier molecular flexibility index (Phi) is 3.83. The fourth-order valence-corrected chi connectivity index (χ4v) is 1.66. The molecule has 0 unspecified atom stereocenters. The normalized spacial score (nSPS) is 21.7. The summed E-state index contributed by atoms with van der Waals surface area (Å²) in [5, 5.41) is 0. The summed E-state index contributed by atoms with van der Waals surface area (Å²) in [5.41, 5.74) is -1.76. The van der Waals surface area contributed by atoms with E-state index in [2.05, 4.69) is 9.47 Å². The molecule has 0 radical (unpaired) electrons. The first-order chi connectivity index (χ1) is 7.50. The van der Waals surface area contributed by atoms with Crippen molar-refractivity contribution in [3.8, 4) is 0 Å². The van der Waals surface area contributed by atoms with Crippen molar-refractivity contribution in [2.45, 2.75) is 26.7 Å². The Balaban J connectivity index is 2.81. The van der Waals surface area contributed by atoms with Crippen LogP contribution >= 0.6 is 0 Å². The van der Waals surface area contributed by atoms with Crippen molar-refractivity contribution in [2.24, 2.45) is 11.3 Å². The highest BCUT2D eigenvalue weighted by atomic mass is 19.3. The predicted molar refractivity (Wildman–Crippen MR) is 49.8 cm³/mol. The SMILES string of the molecule is CCOC(=O)C1(C(=O)OCC)C[C@H]1C(F)F. The van der Waals surface area contributed by atoms with E-state index in [-0.39, 0.29) is 19.6 Å². The maximum atomic E-state index is 12.5. The molecule has 1 saturated carbocycles. The summed E-state index contributed by atoms with van der Waals surface area (Å²) < 4.78 is 34.3. The van der Waals surface area contributed by atoms with Crippen molar-refractivity contribution >= 4 is 11.9 Å². The second kappa shape index (κ2) is 4.76. The minimum absolute atomic E-state index is 0.0515. The number of rotatable bonds is 5. The molecule has 0 aromatic heterocycles. The molecule has 0 aromatic rings. The van der Waals surface area contributed by atoms with E-state index >= 15 is 0 Å². The van der Waals surface area contributed by atoms with Crippen LogP contribution in [0.5, 0.6) is 0 Å².